The van der Waals surface area contributed by atoms with E-state index in [1.165, 1.54) is 6.08 Å². The molecule has 1 aromatic carbocycles. The number of fused-ring (bicyclic) bond motifs is 1. The molecular weight excluding hydrogens is 282 g/mol. The Labute approximate surface area is 127 Å². The van der Waals surface area contributed by atoms with Crippen molar-refractivity contribution >= 4 is 12.0 Å². The maximum Gasteiger partial charge on any atom is 0.262 e. The van der Waals surface area contributed by atoms with Crippen molar-refractivity contribution in [3.63, 3.8) is 0 Å². The summed E-state index contributed by atoms with van der Waals surface area (Å²) in [5.41, 5.74) is 1.62. The molecule has 1 aromatic heterocycles. The topological polar surface area (TPSA) is 87.1 Å². The minimum atomic E-state index is -0.422. The van der Waals surface area contributed by atoms with Crippen LogP contribution in [0, 0.1) is 11.3 Å². The Kier molecular flexibility index (Phi) is 3.79. The highest BCUT2D eigenvalue weighted by Crippen LogP contribution is 2.32. The first-order chi connectivity index (χ1) is 10.8. The average Bonchev–Trinajstić information content (AvgIpc) is 3.20. The number of carbonyl (C=O) groups excluding carboxylic acids is 1. The van der Waals surface area contributed by atoms with Gasteiger partial charge in [0.15, 0.2) is 11.5 Å². The summed E-state index contributed by atoms with van der Waals surface area (Å²) in [6.07, 6.45) is 3.24. The Morgan fingerprint density at radius 3 is 3.00 bits per heavy atom. The number of benzene rings is 1. The molecule has 0 fully saturated rings. The first kappa shape index (κ1) is 13.8. The maximum atomic E-state index is 12.0. The molecule has 0 spiro atoms. The number of aromatic nitrogens is 1. The van der Waals surface area contributed by atoms with Crippen molar-refractivity contribution in [2.75, 3.05) is 6.79 Å². The third-order valence-electron chi connectivity index (χ3n) is 3.18. The van der Waals surface area contributed by atoms with Gasteiger partial charge in [0.05, 0.1) is 0 Å². The van der Waals surface area contributed by atoms with Gasteiger partial charge in [-0.3, -0.25) is 4.79 Å². The number of aromatic amines is 1. The van der Waals surface area contributed by atoms with Crippen LogP contribution in [0.2, 0.25) is 0 Å². The second-order valence-electron chi connectivity index (χ2n) is 4.67. The average molecular weight is 295 g/mol. The molecule has 0 atom stereocenters. The summed E-state index contributed by atoms with van der Waals surface area (Å²) in [5, 5.41) is 11.8. The Balaban J connectivity index is 1.65. The summed E-state index contributed by atoms with van der Waals surface area (Å²) < 4.78 is 10.5. The second kappa shape index (κ2) is 6.06. The summed E-state index contributed by atoms with van der Waals surface area (Å²) in [6, 6.07) is 10.9. The zero-order chi connectivity index (χ0) is 15.4. The van der Waals surface area contributed by atoms with E-state index in [2.05, 4.69) is 10.3 Å². The first-order valence-corrected chi connectivity index (χ1v) is 6.68. The number of carbonyl (C=O) groups is 1. The summed E-state index contributed by atoms with van der Waals surface area (Å²) >= 11 is 0. The molecule has 0 saturated carbocycles. The maximum absolute atomic E-state index is 12.0. The van der Waals surface area contributed by atoms with Crippen LogP contribution in [0.15, 0.2) is 42.1 Å². The quantitative estimate of drug-likeness (QED) is 0.667. The van der Waals surface area contributed by atoms with Crippen LogP contribution in [0.4, 0.5) is 0 Å². The molecule has 1 aliphatic heterocycles. The van der Waals surface area contributed by atoms with Gasteiger partial charge in [-0.15, -0.1) is 0 Å². The highest BCUT2D eigenvalue weighted by molar-refractivity contribution is 6.01. The molecule has 110 valence electrons. The summed E-state index contributed by atoms with van der Waals surface area (Å²) in [4.78, 5) is 15.0. The van der Waals surface area contributed by atoms with Gasteiger partial charge in [-0.2, -0.15) is 5.26 Å². The summed E-state index contributed by atoms with van der Waals surface area (Å²) in [7, 11) is 0. The molecule has 0 unspecified atom stereocenters. The third-order valence-corrected chi connectivity index (χ3v) is 3.18. The van der Waals surface area contributed by atoms with E-state index in [-0.39, 0.29) is 12.4 Å². The highest BCUT2D eigenvalue weighted by Gasteiger charge is 2.14. The van der Waals surface area contributed by atoms with Crippen molar-refractivity contribution in [2.45, 2.75) is 6.54 Å². The Hall–Kier alpha value is -3.20. The second-order valence-corrected chi connectivity index (χ2v) is 4.67. The third kappa shape index (κ3) is 2.94. The van der Waals surface area contributed by atoms with E-state index in [1.54, 1.807) is 24.4 Å². The molecule has 6 nitrogen and oxygen atoms in total. The van der Waals surface area contributed by atoms with Crippen LogP contribution in [-0.4, -0.2) is 17.7 Å². The van der Waals surface area contributed by atoms with Crippen LogP contribution in [0.5, 0.6) is 11.5 Å². The number of hydrogen-bond donors (Lipinski definition) is 2. The fourth-order valence-corrected chi connectivity index (χ4v) is 2.07. The van der Waals surface area contributed by atoms with E-state index in [4.69, 9.17) is 14.7 Å². The molecule has 0 aliphatic carbocycles. The van der Waals surface area contributed by atoms with Crippen LogP contribution >= 0.6 is 0 Å². The van der Waals surface area contributed by atoms with E-state index >= 15 is 0 Å². The molecule has 0 radical (unpaired) electrons. The van der Waals surface area contributed by atoms with E-state index in [1.807, 2.05) is 18.2 Å². The lowest BCUT2D eigenvalue weighted by atomic mass is 10.2. The molecule has 3 rings (SSSR count). The van der Waals surface area contributed by atoms with Gasteiger partial charge in [-0.1, -0.05) is 6.07 Å². The van der Waals surface area contributed by atoms with Gasteiger partial charge < -0.3 is 19.8 Å². The SMILES string of the molecule is N#C/C(=C\c1ccc[nH]1)C(=O)NCc1ccc2c(c1)OCO2. The molecule has 2 aromatic rings. The number of H-pyrrole nitrogens is 1. The molecule has 0 bridgehead atoms. The van der Waals surface area contributed by atoms with Gasteiger partial charge in [0, 0.05) is 18.4 Å². The van der Waals surface area contributed by atoms with Crippen molar-refractivity contribution in [3.05, 3.63) is 53.4 Å². The van der Waals surface area contributed by atoms with Crippen LogP contribution in [0.25, 0.3) is 6.08 Å². The lowest BCUT2D eigenvalue weighted by Gasteiger charge is -2.05. The number of rotatable bonds is 4. The lowest BCUT2D eigenvalue weighted by Crippen LogP contribution is -2.23. The minimum absolute atomic E-state index is 0.0446. The first-order valence-electron chi connectivity index (χ1n) is 6.68. The van der Waals surface area contributed by atoms with E-state index < -0.39 is 5.91 Å². The minimum Gasteiger partial charge on any atom is -0.454 e. The molecule has 0 saturated heterocycles. The van der Waals surface area contributed by atoms with E-state index in [0.29, 0.717) is 23.7 Å². The van der Waals surface area contributed by atoms with Crippen molar-refractivity contribution in [3.8, 4) is 17.6 Å². The predicted molar refractivity (Wildman–Crippen MR) is 78.8 cm³/mol. The zero-order valence-electron chi connectivity index (χ0n) is 11.6. The van der Waals surface area contributed by atoms with Gasteiger partial charge in [-0.05, 0) is 35.9 Å². The van der Waals surface area contributed by atoms with E-state index in [0.717, 1.165) is 5.56 Å². The van der Waals surface area contributed by atoms with Gasteiger partial charge in [-0.25, -0.2) is 0 Å². The molecule has 22 heavy (non-hydrogen) atoms. The van der Waals surface area contributed by atoms with Gasteiger partial charge in [0.2, 0.25) is 6.79 Å². The Morgan fingerprint density at radius 1 is 1.36 bits per heavy atom. The largest absolute Gasteiger partial charge is 0.454 e. The van der Waals surface area contributed by atoms with Gasteiger partial charge in [0.25, 0.3) is 5.91 Å². The van der Waals surface area contributed by atoms with Crippen molar-refractivity contribution in [1.29, 1.82) is 5.26 Å². The molecular formula is C16H13N3O3. The van der Waals surface area contributed by atoms with Crippen LogP contribution in [-0.2, 0) is 11.3 Å². The molecule has 1 amide bonds. The predicted octanol–water partition coefficient (Wildman–Crippen LogP) is 1.97. The van der Waals surface area contributed by atoms with Crippen molar-refractivity contribution < 1.29 is 14.3 Å². The fourth-order valence-electron chi connectivity index (χ4n) is 2.07. The van der Waals surface area contributed by atoms with E-state index in [9.17, 15) is 4.79 Å². The number of amides is 1. The van der Waals surface area contributed by atoms with Gasteiger partial charge >= 0.3 is 0 Å². The van der Waals surface area contributed by atoms with Crippen LogP contribution < -0.4 is 14.8 Å². The normalized spacial score (nSPS) is 12.8. The number of nitrogens with zero attached hydrogens (tertiary/aromatic N) is 1. The van der Waals surface area contributed by atoms with Crippen molar-refractivity contribution in [2.24, 2.45) is 0 Å². The van der Waals surface area contributed by atoms with Crippen LogP contribution in [0.1, 0.15) is 11.3 Å². The summed E-state index contributed by atoms with van der Waals surface area (Å²) in [6.45, 7) is 0.516. The number of ether oxygens (including phenoxy) is 2. The smallest absolute Gasteiger partial charge is 0.262 e. The monoisotopic (exact) mass is 295 g/mol. The number of hydrogen-bond acceptors (Lipinski definition) is 4. The standard InChI is InChI=1S/C16H13N3O3/c17-8-12(7-13-2-1-5-18-13)16(20)19-9-11-3-4-14-15(6-11)22-10-21-14/h1-7,18H,9-10H2,(H,19,20)/b12-7+. The molecule has 2 N–H and O–H groups in total. The molecule has 2 heterocycles. The number of nitrogens with one attached hydrogen (secondary N) is 2. The van der Waals surface area contributed by atoms with Gasteiger partial charge in [0.1, 0.15) is 11.6 Å². The lowest BCUT2D eigenvalue weighted by molar-refractivity contribution is -0.117. The molecule has 6 heteroatoms. The highest BCUT2D eigenvalue weighted by atomic mass is 16.7. The summed E-state index contributed by atoms with van der Waals surface area (Å²) in [5.74, 6) is 0.934. The molecule has 1 aliphatic rings. The Morgan fingerprint density at radius 2 is 2.23 bits per heavy atom. The Bertz CT molecular complexity index is 757. The van der Waals surface area contributed by atoms with Crippen molar-refractivity contribution in [1.82, 2.24) is 10.3 Å². The fraction of sp³-hybridized carbons (Fsp3) is 0.125. The number of nitriles is 1. The van der Waals surface area contributed by atoms with Crippen LogP contribution in [0.3, 0.4) is 0 Å². The zero-order valence-corrected chi connectivity index (χ0v) is 11.6.